The zero-order valence-corrected chi connectivity index (χ0v) is 10.9. The highest BCUT2D eigenvalue weighted by atomic mass is 32.2. The van der Waals surface area contributed by atoms with Crippen molar-refractivity contribution in [1.29, 1.82) is 5.41 Å². The molecule has 0 saturated carbocycles. The minimum absolute atomic E-state index is 0.0865. The SMILES string of the molecule is N=C(N)SC[Si]12OCCN(CCO1)CCO2. The Balaban J connectivity index is 1.99. The molecule has 3 fully saturated rings. The summed E-state index contributed by atoms with van der Waals surface area (Å²) in [6.07, 6.45) is 0. The van der Waals surface area contributed by atoms with Crippen LogP contribution in [-0.4, -0.2) is 63.7 Å². The van der Waals surface area contributed by atoms with Gasteiger partial charge in [-0.15, -0.1) is 0 Å². The highest BCUT2D eigenvalue weighted by Crippen LogP contribution is 2.20. The summed E-state index contributed by atoms with van der Waals surface area (Å²) in [4.78, 5) is 2.27. The third kappa shape index (κ3) is 3.19. The van der Waals surface area contributed by atoms with Crippen LogP contribution < -0.4 is 5.73 Å². The fourth-order valence-corrected chi connectivity index (χ4v) is 5.53. The fourth-order valence-electron chi connectivity index (χ4n) is 1.74. The van der Waals surface area contributed by atoms with Gasteiger partial charge >= 0.3 is 8.80 Å². The molecule has 2 bridgehead atoms. The number of rotatable bonds is 2. The number of hydrogen-bond acceptors (Lipinski definition) is 6. The second-order valence-electron chi connectivity index (χ2n) is 3.72. The molecule has 92 valence electrons. The number of thioether (sulfide) groups is 1. The molecule has 3 N–H and O–H groups in total. The van der Waals surface area contributed by atoms with Crippen molar-refractivity contribution >= 4 is 25.7 Å². The molecule has 0 aliphatic carbocycles. The van der Waals surface area contributed by atoms with Crippen LogP contribution in [0.25, 0.3) is 0 Å². The van der Waals surface area contributed by atoms with Crippen LogP contribution in [0.5, 0.6) is 0 Å². The van der Waals surface area contributed by atoms with E-state index in [9.17, 15) is 0 Å². The summed E-state index contributed by atoms with van der Waals surface area (Å²) in [7, 11) is -2.57. The minimum Gasteiger partial charge on any atom is -0.379 e. The van der Waals surface area contributed by atoms with E-state index < -0.39 is 8.80 Å². The number of nitrogens with one attached hydrogen (secondary N) is 1. The lowest BCUT2D eigenvalue weighted by Gasteiger charge is -2.37. The van der Waals surface area contributed by atoms with Gasteiger partial charge in [0.15, 0.2) is 5.17 Å². The van der Waals surface area contributed by atoms with Crippen LogP contribution in [-0.2, 0) is 13.3 Å². The van der Waals surface area contributed by atoms with Crippen LogP contribution in [0.15, 0.2) is 0 Å². The minimum atomic E-state index is -2.57. The summed E-state index contributed by atoms with van der Waals surface area (Å²) in [5, 5.41) is 7.86. The van der Waals surface area contributed by atoms with Crippen molar-refractivity contribution in [3.63, 3.8) is 0 Å². The van der Waals surface area contributed by atoms with E-state index in [2.05, 4.69) is 4.90 Å². The van der Waals surface area contributed by atoms with E-state index in [-0.39, 0.29) is 5.17 Å². The van der Waals surface area contributed by atoms with Crippen molar-refractivity contribution in [2.75, 3.05) is 44.8 Å². The summed E-state index contributed by atoms with van der Waals surface area (Å²) in [6.45, 7) is 4.74. The molecule has 0 aromatic rings. The van der Waals surface area contributed by atoms with Crippen LogP contribution in [0.2, 0.25) is 0 Å². The Kier molecular flexibility index (Phi) is 4.22. The van der Waals surface area contributed by atoms with Crippen LogP contribution >= 0.6 is 11.8 Å². The van der Waals surface area contributed by atoms with Crippen molar-refractivity contribution in [2.45, 2.75) is 0 Å². The Morgan fingerprint density at radius 1 is 1.19 bits per heavy atom. The summed E-state index contributed by atoms with van der Waals surface area (Å²) >= 11 is 1.24. The smallest absolute Gasteiger partial charge is 0.379 e. The van der Waals surface area contributed by atoms with E-state index in [0.717, 1.165) is 19.6 Å². The zero-order chi connectivity index (χ0) is 11.4. The molecule has 3 heterocycles. The van der Waals surface area contributed by atoms with Crippen LogP contribution in [0.3, 0.4) is 0 Å². The molecule has 8 heteroatoms. The first kappa shape index (κ1) is 12.3. The van der Waals surface area contributed by atoms with Crippen molar-refractivity contribution in [2.24, 2.45) is 5.73 Å². The van der Waals surface area contributed by atoms with E-state index in [1.807, 2.05) is 0 Å². The highest BCUT2D eigenvalue weighted by Gasteiger charge is 2.44. The molecule has 0 aromatic carbocycles. The van der Waals surface area contributed by atoms with Crippen molar-refractivity contribution < 1.29 is 13.3 Å². The topological polar surface area (TPSA) is 80.8 Å². The van der Waals surface area contributed by atoms with Gasteiger partial charge in [0.05, 0.1) is 25.2 Å². The third-order valence-electron chi connectivity index (χ3n) is 2.59. The molecule has 0 unspecified atom stereocenters. The number of fused-ring (bicyclic) bond motifs is 6. The van der Waals surface area contributed by atoms with Gasteiger partial charge in [0.1, 0.15) is 0 Å². The second-order valence-corrected chi connectivity index (χ2v) is 7.84. The summed E-state index contributed by atoms with van der Waals surface area (Å²) < 4.78 is 17.3. The van der Waals surface area contributed by atoms with E-state index >= 15 is 0 Å². The van der Waals surface area contributed by atoms with Crippen molar-refractivity contribution in [3.8, 4) is 0 Å². The maximum atomic E-state index is 7.23. The second kappa shape index (κ2) is 5.47. The van der Waals surface area contributed by atoms with Crippen LogP contribution in [0, 0.1) is 5.41 Å². The standard InChI is InChI=1S/C8H17N3O3SSi/c9-8(10)15-7-16-12-4-1-11(2-5-13-16)3-6-14-16/h1-7H2,(H3,9,10). The van der Waals surface area contributed by atoms with Crippen LogP contribution in [0.1, 0.15) is 0 Å². The van der Waals surface area contributed by atoms with Gasteiger partial charge in [0.2, 0.25) is 0 Å². The Bertz CT molecular complexity index is 242. The highest BCUT2D eigenvalue weighted by molar-refractivity contribution is 8.14. The maximum absolute atomic E-state index is 7.23. The predicted molar refractivity (Wildman–Crippen MR) is 64.4 cm³/mol. The molecule has 0 radical (unpaired) electrons. The molecule has 0 spiro atoms. The molecule has 0 aromatic heterocycles. The zero-order valence-electron chi connectivity index (χ0n) is 9.11. The lowest BCUT2D eigenvalue weighted by molar-refractivity contribution is -0.00440. The largest absolute Gasteiger partial charge is 0.512 e. The molecule has 6 nitrogen and oxygen atoms in total. The molecule has 0 atom stereocenters. The quantitative estimate of drug-likeness (QED) is 0.396. The molecule has 3 saturated heterocycles. The van der Waals surface area contributed by atoms with Gasteiger partial charge in [-0.1, -0.05) is 11.8 Å². The first-order valence-corrected chi connectivity index (χ1v) is 8.23. The van der Waals surface area contributed by atoms with E-state index in [1.165, 1.54) is 11.8 Å². The van der Waals surface area contributed by atoms with Gasteiger partial charge in [-0.05, 0) is 0 Å². The molecule has 3 aliphatic heterocycles. The van der Waals surface area contributed by atoms with E-state index in [0.29, 0.717) is 25.2 Å². The number of nitrogens with zero attached hydrogens (tertiary/aromatic N) is 1. The third-order valence-corrected chi connectivity index (χ3v) is 6.83. The summed E-state index contributed by atoms with van der Waals surface area (Å²) in [5.74, 6) is 0. The van der Waals surface area contributed by atoms with Crippen molar-refractivity contribution in [1.82, 2.24) is 4.90 Å². The van der Waals surface area contributed by atoms with Gasteiger partial charge in [-0.3, -0.25) is 10.3 Å². The van der Waals surface area contributed by atoms with E-state index in [4.69, 9.17) is 24.4 Å². The first-order chi connectivity index (χ1) is 7.70. The predicted octanol–water partition coefficient (Wildman–Crippen LogP) is -0.530. The molecule has 3 rings (SSSR count). The Labute approximate surface area is 100 Å². The maximum Gasteiger partial charge on any atom is 0.512 e. The molecular formula is C8H17N3O3SSi. The molecule has 3 aliphatic rings. The number of hydrogen-bond donors (Lipinski definition) is 2. The lowest BCUT2D eigenvalue weighted by atomic mass is 10.4. The van der Waals surface area contributed by atoms with Gasteiger partial charge in [-0.2, -0.15) is 0 Å². The Hall–Kier alpha value is -0.123. The average molecular weight is 263 g/mol. The lowest BCUT2D eigenvalue weighted by Crippen LogP contribution is -2.57. The summed E-state index contributed by atoms with van der Waals surface area (Å²) in [6, 6.07) is 0. The molecular weight excluding hydrogens is 246 g/mol. The van der Waals surface area contributed by atoms with E-state index in [1.54, 1.807) is 0 Å². The monoisotopic (exact) mass is 263 g/mol. The van der Waals surface area contributed by atoms with Gasteiger partial charge in [0.25, 0.3) is 0 Å². The van der Waals surface area contributed by atoms with Crippen LogP contribution in [0.4, 0.5) is 0 Å². The number of nitrogens with two attached hydrogens (primary N) is 1. The summed E-state index contributed by atoms with van der Waals surface area (Å²) in [5.41, 5.74) is 5.34. The average Bonchev–Trinajstić information content (AvgIpc) is 2.13. The van der Waals surface area contributed by atoms with Gasteiger partial charge in [0, 0.05) is 19.6 Å². The first-order valence-electron chi connectivity index (χ1n) is 5.31. The molecule has 16 heavy (non-hydrogen) atoms. The fraction of sp³-hybridized carbons (Fsp3) is 0.875. The Morgan fingerprint density at radius 3 is 2.12 bits per heavy atom. The van der Waals surface area contributed by atoms with Gasteiger partial charge in [-0.25, -0.2) is 0 Å². The van der Waals surface area contributed by atoms with Gasteiger partial charge < -0.3 is 19.0 Å². The van der Waals surface area contributed by atoms with Crippen molar-refractivity contribution in [3.05, 3.63) is 0 Å². The Morgan fingerprint density at radius 2 is 1.69 bits per heavy atom. The number of amidine groups is 1. The molecule has 0 amide bonds. The normalized spacial score (nSPS) is 35.1.